The number of rotatable bonds is 17. The molecule has 0 saturated heterocycles. The van der Waals surface area contributed by atoms with Gasteiger partial charge in [-0.25, -0.2) is 0 Å². The van der Waals surface area contributed by atoms with Crippen LogP contribution in [0, 0.1) is 0 Å². The summed E-state index contributed by atoms with van der Waals surface area (Å²) in [6.45, 7) is 0. The lowest BCUT2D eigenvalue weighted by Gasteiger charge is -2.26. The average molecular weight is 1780 g/mol. The number of anilines is 15. The Bertz CT molecular complexity index is 8720. The van der Waals surface area contributed by atoms with Gasteiger partial charge in [0.25, 0.3) is 0 Å². The van der Waals surface area contributed by atoms with Gasteiger partial charge >= 0.3 is 0 Å². The fraction of sp³-hybridized carbons (Fsp3) is 0. The van der Waals surface area contributed by atoms with E-state index in [0.717, 1.165) is 107 Å². The van der Waals surface area contributed by atoms with E-state index in [2.05, 4.69) is 480 Å². The molecule has 26 aromatic rings. The van der Waals surface area contributed by atoms with Crippen LogP contribution in [0.1, 0.15) is 0 Å². The van der Waals surface area contributed by atoms with Crippen molar-refractivity contribution in [1.29, 1.82) is 0 Å². The Kier molecular flexibility index (Phi) is 20.8. The number of nitrogens with one attached hydrogen (secondary N) is 3. The summed E-state index contributed by atoms with van der Waals surface area (Å²) < 4.78 is 19.5. The smallest absolute Gasteiger partial charge is 0.159 e. The van der Waals surface area contributed by atoms with E-state index in [-0.39, 0.29) is 0 Å². The molecule has 0 atom stereocenters. The molecule has 0 amide bonds. The SMILES string of the molecule is c1ccc(-c2ccc(Nc3ccc4sc5cc(N(c6ccccc6)c6ccc7sc8ccccc8c7c6)ccc5c4c3)cc2)cc1.c1ccc(N(c2ccccc2)c2ccc3c(c2)sc2ccc(Nc4ccc5sc6ccccc6c5c4)cc23)cc1.c1ccc(Nc2ccc3sc4cc(N(c5ccc(-c6ccccc6)cc5)c5cccc6c5oc5ccccc56)ccc4c3c2)cc1. The summed E-state index contributed by atoms with van der Waals surface area (Å²) in [4.78, 5) is 7.02. The van der Waals surface area contributed by atoms with Gasteiger partial charge in [0.2, 0.25) is 0 Å². The van der Waals surface area contributed by atoms with E-state index in [0.29, 0.717) is 0 Å². The molecule has 0 aliphatic heterocycles. The first-order chi connectivity index (χ1) is 65.3. The van der Waals surface area contributed by atoms with E-state index in [9.17, 15) is 0 Å². The van der Waals surface area contributed by atoms with Gasteiger partial charge in [0.15, 0.2) is 5.58 Å². The Hall–Kier alpha value is -15.9. The Morgan fingerprint density at radius 2 is 0.439 bits per heavy atom. The first kappa shape index (κ1) is 79.5. The number of thiophene rings is 5. The van der Waals surface area contributed by atoms with E-state index in [1.54, 1.807) is 0 Å². The van der Waals surface area contributed by atoms with Gasteiger partial charge in [-0.2, -0.15) is 0 Å². The van der Waals surface area contributed by atoms with Crippen LogP contribution in [0.15, 0.2) is 472 Å². The van der Waals surface area contributed by atoms with Gasteiger partial charge in [-0.1, -0.05) is 243 Å². The second-order valence-corrected chi connectivity index (χ2v) is 38.3. The summed E-state index contributed by atoms with van der Waals surface area (Å²) in [6.07, 6.45) is 0. The predicted molar refractivity (Wildman–Crippen MR) is 575 cm³/mol. The zero-order chi connectivity index (χ0) is 87.4. The minimum atomic E-state index is 0.879. The lowest BCUT2D eigenvalue weighted by molar-refractivity contribution is 0.669. The predicted octanol–water partition coefficient (Wildman–Crippen LogP) is 37.8. The van der Waals surface area contributed by atoms with Crippen molar-refractivity contribution in [2.24, 2.45) is 0 Å². The van der Waals surface area contributed by atoms with Crippen molar-refractivity contribution in [2.75, 3.05) is 30.7 Å². The van der Waals surface area contributed by atoms with E-state index in [4.69, 9.17) is 4.42 Å². The van der Waals surface area contributed by atoms with E-state index < -0.39 is 0 Å². The monoisotopic (exact) mass is 1780 g/mol. The molecule has 6 heterocycles. The van der Waals surface area contributed by atoms with Crippen LogP contribution in [0.25, 0.3) is 145 Å². The first-order valence-corrected chi connectivity index (χ1v) is 48.3. The number of para-hydroxylation sites is 6. The van der Waals surface area contributed by atoms with Crippen LogP contribution in [0.2, 0.25) is 0 Å². The minimum Gasteiger partial charge on any atom is -0.454 e. The topological polar surface area (TPSA) is 59.0 Å². The van der Waals surface area contributed by atoms with Gasteiger partial charge in [0.1, 0.15) is 5.58 Å². The van der Waals surface area contributed by atoms with Crippen LogP contribution in [-0.4, -0.2) is 0 Å². The number of hydrogen-bond acceptors (Lipinski definition) is 12. The molecule has 0 spiro atoms. The molecule has 12 heteroatoms. The molecule has 0 aliphatic carbocycles. The average Bonchev–Trinajstić information content (AvgIpc) is 1.52. The molecule has 20 aromatic carbocycles. The zero-order valence-electron chi connectivity index (χ0n) is 71.2. The highest BCUT2D eigenvalue weighted by molar-refractivity contribution is 7.27. The van der Waals surface area contributed by atoms with Crippen molar-refractivity contribution in [3.05, 3.63) is 467 Å². The summed E-state index contributed by atoms with van der Waals surface area (Å²) in [6, 6.07) is 167. The highest BCUT2D eigenvalue weighted by Crippen LogP contribution is 2.50. The molecular weight excluding hydrogens is 1700 g/mol. The molecule has 6 aromatic heterocycles. The highest BCUT2D eigenvalue weighted by atomic mass is 32.1. The normalized spacial score (nSPS) is 11.5. The molecule has 0 bridgehead atoms. The van der Waals surface area contributed by atoms with Crippen molar-refractivity contribution in [1.82, 2.24) is 0 Å². The molecule has 3 N–H and O–H groups in total. The van der Waals surface area contributed by atoms with Crippen molar-refractivity contribution in [2.45, 2.75) is 0 Å². The first-order valence-electron chi connectivity index (χ1n) is 44.2. The Labute approximate surface area is 782 Å². The van der Waals surface area contributed by atoms with Crippen LogP contribution in [-0.2, 0) is 0 Å². The molecule has 26 rings (SSSR count). The number of nitrogens with zero attached hydrogens (tertiary/aromatic N) is 3. The maximum atomic E-state index is 6.55. The fourth-order valence-corrected chi connectivity index (χ4v) is 23.9. The summed E-state index contributed by atoms with van der Waals surface area (Å²) in [5, 5.41) is 26.0. The van der Waals surface area contributed by atoms with E-state index in [1.165, 1.54) is 123 Å². The number of fused-ring (bicyclic) bond motifs is 18. The zero-order valence-corrected chi connectivity index (χ0v) is 75.3. The lowest BCUT2D eigenvalue weighted by atomic mass is 10.0. The van der Waals surface area contributed by atoms with E-state index in [1.807, 2.05) is 74.9 Å². The van der Waals surface area contributed by atoms with Crippen molar-refractivity contribution in [3.63, 3.8) is 0 Å². The molecule has 0 fully saturated rings. The Morgan fingerprint density at radius 3 is 0.894 bits per heavy atom. The maximum Gasteiger partial charge on any atom is 0.159 e. The fourth-order valence-electron chi connectivity index (χ4n) is 18.4. The Morgan fingerprint density at radius 1 is 0.159 bits per heavy atom. The van der Waals surface area contributed by atoms with Crippen LogP contribution < -0.4 is 30.7 Å². The molecule has 132 heavy (non-hydrogen) atoms. The largest absolute Gasteiger partial charge is 0.454 e. The van der Waals surface area contributed by atoms with Crippen molar-refractivity contribution in [3.8, 4) is 22.3 Å². The van der Waals surface area contributed by atoms with E-state index >= 15 is 0 Å². The van der Waals surface area contributed by atoms with Gasteiger partial charge in [-0.15, -0.1) is 56.7 Å². The van der Waals surface area contributed by atoms with Crippen LogP contribution in [0.3, 0.4) is 0 Å². The summed E-state index contributed by atoms with van der Waals surface area (Å²) in [5.74, 6) is 0. The van der Waals surface area contributed by atoms with Gasteiger partial charge < -0.3 is 35.1 Å². The molecule has 0 radical (unpaired) electrons. The second kappa shape index (κ2) is 34.6. The minimum absolute atomic E-state index is 0.879. The molecule has 0 unspecified atom stereocenters. The number of furan rings is 1. The molecule has 0 saturated carbocycles. The number of hydrogen-bond donors (Lipinski definition) is 3. The third kappa shape index (κ3) is 15.5. The number of benzene rings is 20. The summed E-state index contributed by atoms with van der Waals surface area (Å²) >= 11 is 9.24. The third-order valence-corrected chi connectivity index (χ3v) is 30.4. The van der Waals surface area contributed by atoms with Gasteiger partial charge in [0, 0.05) is 191 Å². The van der Waals surface area contributed by atoms with Crippen molar-refractivity contribution < 1.29 is 4.42 Å². The van der Waals surface area contributed by atoms with Crippen LogP contribution in [0.4, 0.5) is 85.3 Å². The lowest BCUT2D eigenvalue weighted by Crippen LogP contribution is -2.10. The highest BCUT2D eigenvalue weighted by Gasteiger charge is 2.24. The molecule has 626 valence electrons. The maximum absolute atomic E-state index is 6.55. The van der Waals surface area contributed by atoms with Gasteiger partial charge in [-0.3, -0.25) is 0 Å². The van der Waals surface area contributed by atoms with Gasteiger partial charge in [0.05, 0.1) is 5.69 Å². The van der Waals surface area contributed by atoms with Crippen molar-refractivity contribution >= 4 is 265 Å². The van der Waals surface area contributed by atoms with Crippen LogP contribution in [0.5, 0.6) is 0 Å². The molecule has 7 nitrogen and oxygen atoms in total. The van der Waals surface area contributed by atoms with Gasteiger partial charge in [-0.05, 0) is 247 Å². The molecular formula is C120H80N6OS5. The summed E-state index contributed by atoms with van der Waals surface area (Å²) in [5.41, 5.74) is 23.2. The molecule has 0 aliphatic rings. The summed E-state index contributed by atoms with van der Waals surface area (Å²) in [7, 11) is 0. The second-order valence-electron chi connectivity index (χ2n) is 32.9. The third-order valence-electron chi connectivity index (χ3n) is 24.7. The van der Waals surface area contributed by atoms with Crippen LogP contribution >= 0.6 is 56.7 Å². The standard InChI is InChI=1S/C42H28N2OS.C42H28N2S2.C36H24N2S2/c1-3-10-28(11-4-1)29-18-21-32(22-19-29)44(38-16-9-15-36-34-14-7-8-17-39(34)45-42(36)38)33-23-24-35-37-26-31(43-30-12-5-2-6-13-30)20-25-40(37)46-41(35)27-33;1-3-9-28(10-4-1)29-15-17-30(18-16-29)43-31-19-23-40-37(25-31)36-22-20-34(27-42(36)46-40)44(32-11-5-2-6-12-32)33-21-24-41-38(26-33)35-13-7-8-14-39(35)45-41;1-3-9-26(10-4-1)38(27-11-5-2-6-12-27)28-17-18-30-32-22-25(16-20-35(32)40-36(30)23-28)37-24-15-19-34-31(21-24)29-13-7-8-14-33(29)39-34/h2*1-27,43H;1-23,37H. The Balaban J connectivity index is 0.000000110. The quantitative estimate of drug-likeness (QED) is 0.0840.